The minimum Gasteiger partial charge on any atom is -0.466 e. The molecule has 2 unspecified atom stereocenters. The monoisotopic (exact) mass is 1170 g/mol. The number of nitrogens with one attached hydrogen (secondary N) is 1. The fraction of sp³-hybridized carbons (Fsp3) is 0.974. The Morgan fingerprint density at radius 3 is 0.735 bits per heavy atom. The molecule has 0 spiro atoms. The molecule has 0 aliphatic carbocycles. The van der Waals surface area contributed by atoms with Crippen molar-refractivity contribution in [2.45, 2.75) is 469 Å². The van der Waals surface area contributed by atoms with Crippen LogP contribution in [0.5, 0.6) is 0 Å². The molecule has 0 heterocycles. The standard InChI is InChI=1S/C77H153NO5/c1-3-5-7-9-11-13-15-17-18-19-20-21-22-31-34-37-40-43-46-49-53-57-61-65-69-75(80)74(73-79)78-76(81)70-66-62-58-54-50-47-44-41-38-35-32-29-27-25-23-24-26-28-30-33-36-39-42-45-48-52-56-60-64-68-72-83-77(82)71-67-63-59-55-51-16-14-12-10-8-6-4-2/h74-75,79-80H,3-73H2,1-2H3,(H,78,81). The zero-order valence-electron chi connectivity index (χ0n) is 57.0. The Kier molecular flexibility index (Phi) is 72.3. The van der Waals surface area contributed by atoms with Crippen molar-refractivity contribution in [3.8, 4) is 0 Å². The van der Waals surface area contributed by atoms with E-state index in [-0.39, 0.29) is 18.5 Å². The number of esters is 1. The summed E-state index contributed by atoms with van der Waals surface area (Å²) in [4.78, 5) is 24.6. The maximum absolute atomic E-state index is 12.6. The largest absolute Gasteiger partial charge is 0.466 e. The summed E-state index contributed by atoms with van der Waals surface area (Å²) >= 11 is 0. The molecule has 83 heavy (non-hydrogen) atoms. The SMILES string of the molecule is CCCCCCCCCCCCCCCCCCCCCCCCCCC(O)C(CO)NC(=O)CCCCCCCCCCCCCCCCCCCCCCCCCCCCCCCCOC(=O)CCCCCCCCCCCCCC. The number of carbonyl (C=O) groups is 2. The van der Waals surface area contributed by atoms with Crippen LogP contribution >= 0.6 is 0 Å². The van der Waals surface area contributed by atoms with Crippen LogP contribution in [0.15, 0.2) is 0 Å². The molecule has 0 aromatic rings. The molecule has 0 aliphatic heterocycles. The Morgan fingerprint density at radius 1 is 0.289 bits per heavy atom. The van der Waals surface area contributed by atoms with Crippen LogP contribution in [0.4, 0.5) is 0 Å². The van der Waals surface area contributed by atoms with E-state index >= 15 is 0 Å². The molecule has 0 aliphatic rings. The number of aliphatic hydroxyl groups is 2. The fourth-order valence-corrected chi connectivity index (χ4v) is 12.8. The van der Waals surface area contributed by atoms with Crippen molar-refractivity contribution in [1.29, 1.82) is 0 Å². The molecular weight excluding hydrogens is 1020 g/mol. The lowest BCUT2D eigenvalue weighted by Gasteiger charge is -2.22. The maximum Gasteiger partial charge on any atom is 0.305 e. The fourth-order valence-electron chi connectivity index (χ4n) is 12.8. The van der Waals surface area contributed by atoms with E-state index in [2.05, 4.69) is 19.2 Å². The Balaban J connectivity index is 3.33. The van der Waals surface area contributed by atoms with Crippen molar-refractivity contribution in [2.24, 2.45) is 0 Å². The third-order valence-corrected chi connectivity index (χ3v) is 18.7. The summed E-state index contributed by atoms with van der Waals surface area (Å²) in [5.41, 5.74) is 0. The van der Waals surface area contributed by atoms with Gasteiger partial charge >= 0.3 is 5.97 Å². The summed E-state index contributed by atoms with van der Waals surface area (Å²) in [6.45, 7) is 5.01. The molecule has 0 aromatic carbocycles. The van der Waals surface area contributed by atoms with Crippen LogP contribution in [0, 0.1) is 0 Å². The number of rotatable bonds is 74. The Bertz CT molecular complexity index is 1210. The van der Waals surface area contributed by atoms with Crippen molar-refractivity contribution in [3.63, 3.8) is 0 Å². The molecule has 6 nitrogen and oxygen atoms in total. The molecule has 0 rings (SSSR count). The van der Waals surface area contributed by atoms with Crippen molar-refractivity contribution in [3.05, 3.63) is 0 Å². The molecule has 6 heteroatoms. The molecule has 0 saturated carbocycles. The zero-order valence-corrected chi connectivity index (χ0v) is 57.0. The summed E-state index contributed by atoms with van der Waals surface area (Å²) in [5, 5.41) is 23.5. The predicted molar refractivity (Wildman–Crippen MR) is 366 cm³/mol. The van der Waals surface area contributed by atoms with Gasteiger partial charge in [-0.15, -0.1) is 0 Å². The lowest BCUT2D eigenvalue weighted by molar-refractivity contribution is -0.143. The number of hydrogen-bond acceptors (Lipinski definition) is 5. The second-order valence-corrected chi connectivity index (χ2v) is 27.1. The molecular formula is C77H153NO5. The van der Waals surface area contributed by atoms with Gasteiger partial charge in [0.2, 0.25) is 5.91 Å². The summed E-state index contributed by atoms with van der Waals surface area (Å²) in [5.74, 6) is -0.00231. The average Bonchev–Trinajstić information content (AvgIpc) is 3.49. The van der Waals surface area contributed by atoms with Gasteiger partial charge in [-0.3, -0.25) is 9.59 Å². The number of aliphatic hydroxyl groups excluding tert-OH is 2. The third-order valence-electron chi connectivity index (χ3n) is 18.7. The van der Waals surface area contributed by atoms with E-state index < -0.39 is 12.1 Å². The number of carbonyl (C=O) groups excluding carboxylic acids is 2. The van der Waals surface area contributed by atoms with E-state index in [0.29, 0.717) is 25.9 Å². The van der Waals surface area contributed by atoms with Crippen molar-refractivity contribution < 1.29 is 24.5 Å². The summed E-state index contributed by atoms with van der Waals surface area (Å²) in [7, 11) is 0. The van der Waals surface area contributed by atoms with Crippen LogP contribution in [0.3, 0.4) is 0 Å². The molecule has 0 bridgehead atoms. The van der Waals surface area contributed by atoms with Gasteiger partial charge in [0.15, 0.2) is 0 Å². The molecule has 2 atom stereocenters. The Hall–Kier alpha value is -1.14. The van der Waals surface area contributed by atoms with Crippen LogP contribution < -0.4 is 5.32 Å². The van der Waals surface area contributed by atoms with Crippen LogP contribution in [-0.2, 0) is 14.3 Å². The maximum atomic E-state index is 12.6. The second-order valence-electron chi connectivity index (χ2n) is 27.1. The van der Waals surface area contributed by atoms with Gasteiger partial charge in [0, 0.05) is 12.8 Å². The smallest absolute Gasteiger partial charge is 0.305 e. The van der Waals surface area contributed by atoms with Crippen molar-refractivity contribution >= 4 is 11.9 Å². The van der Waals surface area contributed by atoms with Crippen molar-refractivity contribution in [2.75, 3.05) is 13.2 Å². The Morgan fingerprint density at radius 2 is 0.494 bits per heavy atom. The van der Waals surface area contributed by atoms with Gasteiger partial charge in [0.1, 0.15) is 0 Å². The van der Waals surface area contributed by atoms with Gasteiger partial charge in [-0.25, -0.2) is 0 Å². The highest BCUT2D eigenvalue weighted by Gasteiger charge is 2.20. The molecule has 496 valence electrons. The minimum atomic E-state index is -0.662. The first kappa shape index (κ1) is 81.9. The summed E-state index contributed by atoms with van der Waals surface area (Å²) in [6, 6.07) is -0.539. The number of hydrogen-bond donors (Lipinski definition) is 3. The third kappa shape index (κ3) is 69.8. The lowest BCUT2D eigenvalue weighted by Crippen LogP contribution is -2.45. The van der Waals surface area contributed by atoms with Gasteiger partial charge in [-0.05, 0) is 25.7 Å². The number of amides is 1. The van der Waals surface area contributed by atoms with E-state index in [9.17, 15) is 19.8 Å². The van der Waals surface area contributed by atoms with Crippen molar-refractivity contribution in [1.82, 2.24) is 5.32 Å². The van der Waals surface area contributed by atoms with Crippen LogP contribution in [0.1, 0.15) is 457 Å². The molecule has 3 N–H and O–H groups in total. The first-order chi connectivity index (χ1) is 41.0. The minimum absolute atomic E-state index is 0.0223. The van der Waals surface area contributed by atoms with Gasteiger partial charge in [-0.1, -0.05) is 418 Å². The number of ether oxygens (including phenoxy) is 1. The van der Waals surface area contributed by atoms with Crippen LogP contribution in [0.25, 0.3) is 0 Å². The quantitative estimate of drug-likeness (QED) is 0.0417. The van der Waals surface area contributed by atoms with E-state index in [1.807, 2.05) is 0 Å². The summed E-state index contributed by atoms with van der Waals surface area (Å²) < 4.78 is 5.49. The highest BCUT2D eigenvalue weighted by molar-refractivity contribution is 5.76. The molecule has 0 radical (unpaired) electrons. The molecule has 0 aromatic heterocycles. The van der Waals surface area contributed by atoms with E-state index in [1.165, 1.54) is 385 Å². The average molecular weight is 1170 g/mol. The summed E-state index contributed by atoms with van der Waals surface area (Å²) in [6.07, 6.45) is 90.4. The topological polar surface area (TPSA) is 95.9 Å². The number of unbranched alkanes of at least 4 members (excludes halogenated alkanes) is 63. The first-order valence-corrected chi connectivity index (χ1v) is 38.8. The van der Waals surface area contributed by atoms with Gasteiger partial charge < -0.3 is 20.3 Å². The molecule has 0 fully saturated rings. The van der Waals surface area contributed by atoms with Gasteiger partial charge in [0.25, 0.3) is 0 Å². The Labute approximate surface area is 521 Å². The van der Waals surface area contributed by atoms with Gasteiger partial charge in [0.05, 0.1) is 25.4 Å². The van der Waals surface area contributed by atoms with Gasteiger partial charge in [-0.2, -0.15) is 0 Å². The molecule has 1 amide bonds. The van der Waals surface area contributed by atoms with E-state index in [0.717, 1.165) is 38.5 Å². The zero-order chi connectivity index (χ0) is 59.9. The van der Waals surface area contributed by atoms with Crippen LogP contribution in [0.2, 0.25) is 0 Å². The first-order valence-electron chi connectivity index (χ1n) is 38.8. The van der Waals surface area contributed by atoms with E-state index in [4.69, 9.17) is 4.74 Å². The lowest BCUT2D eigenvalue weighted by atomic mass is 10.0. The van der Waals surface area contributed by atoms with E-state index in [1.54, 1.807) is 0 Å². The van der Waals surface area contributed by atoms with Crippen LogP contribution in [-0.4, -0.2) is 47.4 Å². The highest BCUT2D eigenvalue weighted by atomic mass is 16.5. The predicted octanol–water partition coefficient (Wildman–Crippen LogP) is 25.3. The molecule has 0 saturated heterocycles. The second kappa shape index (κ2) is 73.3. The highest BCUT2D eigenvalue weighted by Crippen LogP contribution is 2.20. The normalized spacial score (nSPS) is 12.4.